The van der Waals surface area contributed by atoms with E-state index in [4.69, 9.17) is 5.73 Å². The van der Waals surface area contributed by atoms with Crippen molar-refractivity contribution >= 4 is 0 Å². The van der Waals surface area contributed by atoms with E-state index in [0.717, 1.165) is 12.1 Å². The second kappa shape index (κ2) is 6.12. The molecule has 2 nitrogen and oxygen atoms in total. The van der Waals surface area contributed by atoms with Crippen molar-refractivity contribution in [2.75, 3.05) is 13.1 Å². The molecule has 0 radical (unpaired) electrons. The molecule has 1 saturated carbocycles. The Morgan fingerprint density at radius 2 is 2.00 bits per heavy atom. The normalized spacial score (nSPS) is 18.5. The Bertz CT molecular complexity index is 348. The number of hydrogen-bond acceptors (Lipinski definition) is 2. The van der Waals surface area contributed by atoms with Crippen molar-refractivity contribution in [3.63, 3.8) is 0 Å². The van der Waals surface area contributed by atoms with Gasteiger partial charge < -0.3 is 11.1 Å². The number of benzene rings is 1. The molecule has 94 valence electrons. The molecule has 3 heteroatoms. The molecular formula is C14H21FN2. The Morgan fingerprint density at radius 3 is 2.65 bits per heavy atom. The molecule has 1 aromatic rings. The van der Waals surface area contributed by atoms with Crippen molar-refractivity contribution in [2.45, 2.75) is 37.6 Å². The minimum atomic E-state index is -0.142. The Labute approximate surface area is 102 Å². The Hall–Kier alpha value is -0.930. The molecule has 17 heavy (non-hydrogen) atoms. The van der Waals surface area contributed by atoms with Crippen LogP contribution in [0.5, 0.6) is 0 Å². The van der Waals surface area contributed by atoms with E-state index in [1.54, 1.807) is 6.07 Å². The third-order valence-corrected chi connectivity index (χ3v) is 3.64. The van der Waals surface area contributed by atoms with Gasteiger partial charge in [-0.1, -0.05) is 31.0 Å². The fourth-order valence-electron chi connectivity index (χ4n) is 2.57. The fraction of sp³-hybridized carbons (Fsp3) is 0.571. The smallest absolute Gasteiger partial charge is 0.126 e. The summed E-state index contributed by atoms with van der Waals surface area (Å²) in [6.45, 7) is 1.27. The quantitative estimate of drug-likeness (QED) is 0.824. The predicted octanol–water partition coefficient (Wildman–Crippen LogP) is 2.40. The third-order valence-electron chi connectivity index (χ3n) is 3.64. The number of nitrogens with two attached hydrogens (primary N) is 1. The average molecular weight is 236 g/mol. The molecule has 1 aliphatic carbocycles. The largest absolute Gasteiger partial charge is 0.330 e. The van der Waals surface area contributed by atoms with E-state index in [1.165, 1.54) is 31.7 Å². The lowest BCUT2D eigenvalue weighted by molar-refractivity contribution is 0.479. The van der Waals surface area contributed by atoms with Gasteiger partial charge in [0, 0.05) is 25.0 Å². The Morgan fingerprint density at radius 1 is 1.29 bits per heavy atom. The fourth-order valence-corrected chi connectivity index (χ4v) is 2.57. The van der Waals surface area contributed by atoms with Gasteiger partial charge in [0.1, 0.15) is 5.82 Å². The Kier molecular flexibility index (Phi) is 4.51. The number of halogens is 1. The zero-order valence-electron chi connectivity index (χ0n) is 10.2. The predicted molar refractivity (Wildman–Crippen MR) is 68.5 cm³/mol. The summed E-state index contributed by atoms with van der Waals surface area (Å²) in [6, 6.07) is 7.54. The van der Waals surface area contributed by atoms with E-state index in [-0.39, 0.29) is 11.7 Å². The van der Waals surface area contributed by atoms with Crippen molar-refractivity contribution in [1.29, 1.82) is 0 Å². The maximum atomic E-state index is 13.6. The van der Waals surface area contributed by atoms with Crippen LogP contribution in [0.4, 0.5) is 4.39 Å². The van der Waals surface area contributed by atoms with E-state index >= 15 is 0 Å². The third kappa shape index (κ3) is 3.27. The Balaban J connectivity index is 1.94. The molecular weight excluding hydrogens is 215 g/mol. The lowest BCUT2D eigenvalue weighted by Gasteiger charge is -2.19. The summed E-state index contributed by atoms with van der Waals surface area (Å²) in [5.41, 5.74) is 6.49. The maximum Gasteiger partial charge on any atom is 0.126 e. The van der Waals surface area contributed by atoms with E-state index in [2.05, 4.69) is 5.32 Å². The monoisotopic (exact) mass is 236 g/mol. The van der Waals surface area contributed by atoms with Gasteiger partial charge in [-0.15, -0.1) is 0 Å². The van der Waals surface area contributed by atoms with Crippen LogP contribution in [0.1, 0.15) is 37.2 Å². The summed E-state index contributed by atoms with van der Waals surface area (Å²) in [5, 5.41) is 3.51. The van der Waals surface area contributed by atoms with Gasteiger partial charge in [0.05, 0.1) is 0 Å². The standard InChI is InChI=1S/C14H21FN2/c15-14-8-4-3-7-13(14)11(9-16)10-17-12-5-1-2-6-12/h3-4,7-8,11-12,17H,1-2,5-6,9-10,16H2. The van der Waals surface area contributed by atoms with Crippen molar-refractivity contribution < 1.29 is 4.39 Å². The van der Waals surface area contributed by atoms with Gasteiger partial charge in [0.2, 0.25) is 0 Å². The van der Waals surface area contributed by atoms with Gasteiger partial charge in [-0.25, -0.2) is 4.39 Å². The summed E-state index contributed by atoms with van der Waals surface area (Å²) in [7, 11) is 0. The van der Waals surface area contributed by atoms with E-state index in [1.807, 2.05) is 12.1 Å². The van der Waals surface area contributed by atoms with Crippen LogP contribution in [0, 0.1) is 5.82 Å². The van der Waals surface area contributed by atoms with Crippen LogP contribution in [-0.4, -0.2) is 19.1 Å². The molecule has 1 unspecified atom stereocenters. The lowest BCUT2D eigenvalue weighted by atomic mass is 9.98. The first kappa shape index (κ1) is 12.5. The number of nitrogens with one attached hydrogen (secondary N) is 1. The van der Waals surface area contributed by atoms with Crippen LogP contribution < -0.4 is 11.1 Å². The molecule has 1 fully saturated rings. The van der Waals surface area contributed by atoms with Crippen LogP contribution in [0.25, 0.3) is 0 Å². The minimum absolute atomic E-state index is 0.0804. The second-order valence-electron chi connectivity index (χ2n) is 4.84. The van der Waals surface area contributed by atoms with Crippen LogP contribution in [0.2, 0.25) is 0 Å². The van der Waals surface area contributed by atoms with Gasteiger partial charge in [-0.3, -0.25) is 0 Å². The molecule has 2 rings (SSSR count). The summed E-state index contributed by atoms with van der Waals surface area (Å²) in [4.78, 5) is 0. The van der Waals surface area contributed by atoms with Gasteiger partial charge >= 0.3 is 0 Å². The zero-order chi connectivity index (χ0) is 12.1. The summed E-state index contributed by atoms with van der Waals surface area (Å²) in [5.74, 6) is -0.0621. The first-order valence-corrected chi connectivity index (χ1v) is 6.49. The second-order valence-corrected chi connectivity index (χ2v) is 4.84. The molecule has 1 atom stereocenters. The summed E-state index contributed by atoms with van der Waals surface area (Å²) < 4.78 is 13.6. The van der Waals surface area contributed by atoms with E-state index in [0.29, 0.717) is 12.6 Å². The van der Waals surface area contributed by atoms with E-state index < -0.39 is 0 Å². The van der Waals surface area contributed by atoms with Gasteiger partial charge in [0.25, 0.3) is 0 Å². The molecule has 1 aliphatic rings. The molecule has 0 spiro atoms. The van der Waals surface area contributed by atoms with Crippen molar-refractivity contribution in [1.82, 2.24) is 5.32 Å². The van der Waals surface area contributed by atoms with Crippen LogP contribution in [0.15, 0.2) is 24.3 Å². The summed E-state index contributed by atoms with van der Waals surface area (Å²) in [6.07, 6.45) is 5.11. The van der Waals surface area contributed by atoms with Gasteiger partial charge in [0.15, 0.2) is 0 Å². The van der Waals surface area contributed by atoms with Crippen LogP contribution >= 0.6 is 0 Å². The molecule has 0 amide bonds. The number of hydrogen-bond donors (Lipinski definition) is 2. The topological polar surface area (TPSA) is 38.0 Å². The van der Waals surface area contributed by atoms with Crippen molar-refractivity contribution in [3.8, 4) is 0 Å². The first-order valence-electron chi connectivity index (χ1n) is 6.49. The molecule has 0 aliphatic heterocycles. The first-order chi connectivity index (χ1) is 8.31. The highest BCUT2D eigenvalue weighted by Gasteiger charge is 2.18. The van der Waals surface area contributed by atoms with Crippen LogP contribution in [-0.2, 0) is 0 Å². The molecule has 1 aromatic carbocycles. The van der Waals surface area contributed by atoms with Crippen molar-refractivity contribution in [3.05, 3.63) is 35.6 Å². The van der Waals surface area contributed by atoms with Crippen molar-refractivity contribution in [2.24, 2.45) is 5.73 Å². The van der Waals surface area contributed by atoms with Gasteiger partial charge in [-0.05, 0) is 24.5 Å². The van der Waals surface area contributed by atoms with Gasteiger partial charge in [-0.2, -0.15) is 0 Å². The molecule has 0 saturated heterocycles. The highest BCUT2D eigenvalue weighted by Crippen LogP contribution is 2.21. The molecule has 0 heterocycles. The summed E-state index contributed by atoms with van der Waals surface area (Å²) >= 11 is 0. The molecule has 3 N–H and O–H groups in total. The highest BCUT2D eigenvalue weighted by molar-refractivity contribution is 5.22. The molecule has 0 aromatic heterocycles. The minimum Gasteiger partial charge on any atom is -0.330 e. The average Bonchev–Trinajstić information content (AvgIpc) is 2.85. The zero-order valence-corrected chi connectivity index (χ0v) is 10.2. The highest BCUT2D eigenvalue weighted by atomic mass is 19.1. The lowest BCUT2D eigenvalue weighted by Crippen LogP contribution is -2.33. The maximum absolute atomic E-state index is 13.6. The SMILES string of the molecule is NCC(CNC1CCCC1)c1ccccc1F. The van der Waals surface area contributed by atoms with Crippen LogP contribution in [0.3, 0.4) is 0 Å². The molecule has 0 bridgehead atoms. The van der Waals surface area contributed by atoms with E-state index in [9.17, 15) is 4.39 Å². The number of rotatable bonds is 5.